The first-order valence-corrected chi connectivity index (χ1v) is 6.02. The number of aryl methyl sites for hydroxylation is 2. The van der Waals surface area contributed by atoms with Crippen LogP contribution in [0.25, 0.3) is 11.2 Å². The average Bonchev–Trinajstić information content (AvgIpc) is 2.93. The second kappa shape index (κ2) is 4.04. The first kappa shape index (κ1) is 11.6. The van der Waals surface area contributed by atoms with Crippen molar-refractivity contribution < 1.29 is 0 Å². The van der Waals surface area contributed by atoms with Crippen LogP contribution >= 0.6 is 0 Å². The van der Waals surface area contributed by atoms with Crippen LogP contribution in [-0.2, 0) is 7.05 Å². The molecule has 3 heterocycles. The van der Waals surface area contributed by atoms with Crippen molar-refractivity contribution in [2.24, 2.45) is 7.05 Å². The van der Waals surface area contributed by atoms with Crippen molar-refractivity contribution >= 4 is 17.1 Å². The number of anilines is 1. The largest absolute Gasteiger partial charge is 0.369 e. The number of nitrogens with two attached hydrogens (primary N) is 1. The normalized spacial score (nSPS) is 13.0. The third-order valence-electron chi connectivity index (χ3n) is 3.32. The lowest BCUT2D eigenvalue weighted by molar-refractivity contribution is 0.590. The Bertz CT molecular complexity index is 740. The fourth-order valence-electron chi connectivity index (χ4n) is 2.30. The molecule has 0 saturated carbocycles. The molecule has 0 amide bonds. The number of hydrogen-bond donors (Lipinski definition) is 1. The molecule has 0 aliphatic carbocycles. The number of nitrogen functional groups attached to an aromatic ring is 1. The summed E-state index contributed by atoms with van der Waals surface area (Å²) >= 11 is 0. The molecule has 3 aromatic heterocycles. The van der Waals surface area contributed by atoms with Gasteiger partial charge in [0.05, 0.1) is 6.04 Å². The van der Waals surface area contributed by atoms with Crippen LogP contribution in [0, 0.1) is 6.92 Å². The highest BCUT2D eigenvalue weighted by Gasteiger charge is 2.20. The first-order chi connectivity index (χ1) is 9.09. The molecule has 3 aromatic rings. The molecule has 2 N–H and O–H groups in total. The molecule has 3 rings (SSSR count). The van der Waals surface area contributed by atoms with E-state index in [1.165, 1.54) is 0 Å². The molecule has 1 atom stereocenters. The Morgan fingerprint density at radius 2 is 2.16 bits per heavy atom. The first-order valence-electron chi connectivity index (χ1n) is 6.02. The van der Waals surface area contributed by atoms with Crippen LogP contribution in [0.5, 0.6) is 0 Å². The maximum atomic E-state index is 6.03. The Kier molecular flexibility index (Phi) is 2.48. The summed E-state index contributed by atoms with van der Waals surface area (Å²) in [6, 6.07) is 1.85. The Morgan fingerprint density at radius 3 is 2.84 bits per heavy atom. The van der Waals surface area contributed by atoms with Gasteiger partial charge in [0.15, 0.2) is 11.5 Å². The van der Waals surface area contributed by atoms with E-state index >= 15 is 0 Å². The molecule has 1 unspecified atom stereocenters. The van der Waals surface area contributed by atoms with Crippen LogP contribution in [0.4, 0.5) is 5.95 Å². The van der Waals surface area contributed by atoms with Crippen LogP contribution in [0.1, 0.15) is 24.4 Å². The van der Waals surface area contributed by atoms with Crippen LogP contribution in [0.15, 0.2) is 18.6 Å². The van der Waals surface area contributed by atoms with Crippen LogP contribution in [-0.4, -0.2) is 29.3 Å². The van der Waals surface area contributed by atoms with Gasteiger partial charge in [-0.25, -0.2) is 9.97 Å². The van der Waals surface area contributed by atoms with E-state index in [-0.39, 0.29) is 6.04 Å². The zero-order valence-electron chi connectivity index (χ0n) is 11.1. The fourth-order valence-corrected chi connectivity index (χ4v) is 2.30. The van der Waals surface area contributed by atoms with Crippen LogP contribution in [0.2, 0.25) is 0 Å². The Balaban J connectivity index is 2.23. The highest BCUT2D eigenvalue weighted by Crippen LogP contribution is 2.25. The van der Waals surface area contributed by atoms with Crippen LogP contribution < -0.4 is 5.73 Å². The number of aromatic nitrogens is 6. The van der Waals surface area contributed by atoms with Crippen molar-refractivity contribution in [3.63, 3.8) is 0 Å². The molecule has 0 aliphatic rings. The number of rotatable bonds is 2. The quantitative estimate of drug-likeness (QED) is 0.741. The average molecular weight is 257 g/mol. The molecule has 0 bridgehead atoms. The summed E-state index contributed by atoms with van der Waals surface area (Å²) in [7, 11) is 1.90. The lowest BCUT2D eigenvalue weighted by atomic mass is 10.2. The molecule has 0 radical (unpaired) electrons. The van der Waals surface area contributed by atoms with Gasteiger partial charge in [-0.05, 0) is 25.5 Å². The van der Waals surface area contributed by atoms with E-state index in [2.05, 4.69) is 20.2 Å². The van der Waals surface area contributed by atoms with Gasteiger partial charge in [-0.15, -0.1) is 10.2 Å². The van der Waals surface area contributed by atoms with Gasteiger partial charge in [0.2, 0.25) is 5.95 Å². The summed E-state index contributed by atoms with van der Waals surface area (Å²) < 4.78 is 3.75. The Labute approximate surface area is 110 Å². The molecule has 98 valence electrons. The second-order valence-electron chi connectivity index (χ2n) is 4.62. The van der Waals surface area contributed by atoms with Crippen molar-refractivity contribution in [2.45, 2.75) is 19.9 Å². The number of pyridine rings is 1. The fraction of sp³-hybridized carbons (Fsp3) is 0.333. The van der Waals surface area contributed by atoms with E-state index in [0.717, 1.165) is 22.6 Å². The molecule has 0 spiro atoms. The van der Waals surface area contributed by atoms with Gasteiger partial charge in [0.1, 0.15) is 11.8 Å². The summed E-state index contributed by atoms with van der Waals surface area (Å²) in [5.74, 6) is 1.25. The maximum absolute atomic E-state index is 6.03. The minimum absolute atomic E-state index is 0.0770. The minimum atomic E-state index is -0.0770. The van der Waals surface area contributed by atoms with E-state index in [1.54, 1.807) is 12.5 Å². The Morgan fingerprint density at radius 1 is 1.37 bits per heavy atom. The number of nitrogens with zero attached hydrogens (tertiary/aromatic N) is 6. The van der Waals surface area contributed by atoms with E-state index in [1.807, 2.05) is 36.1 Å². The van der Waals surface area contributed by atoms with Crippen molar-refractivity contribution in [3.05, 3.63) is 30.0 Å². The molecule has 0 fully saturated rings. The van der Waals surface area contributed by atoms with Gasteiger partial charge >= 0.3 is 0 Å². The Hall–Kier alpha value is -2.44. The summed E-state index contributed by atoms with van der Waals surface area (Å²) in [4.78, 5) is 8.78. The minimum Gasteiger partial charge on any atom is -0.369 e. The van der Waals surface area contributed by atoms with Gasteiger partial charge in [-0.3, -0.25) is 4.57 Å². The predicted octanol–water partition coefficient (Wildman–Crippen LogP) is 1.06. The molecular weight excluding hydrogens is 242 g/mol. The van der Waals surface area contributed by atoms with E-state index in [0.29, 0.717) is 5.95 Å². The van der Waals surface area contributed by atoms with Crippen LogP contribution in [0.3, 0.4) is 0 Å². The van der Waals surface area contributed by atoms with Crippen molar-refractivity contribution in [1.82, 2.24) is 29.3 Å². The highest BCUT2D eigenvalue weighted by molar-refractivity contribution is 5.77. The van der Waals surface area contributed by atoms with Gasteiger partial charge in [-0.1, -0.05) is 0 Å². The van der Waals surface area contributed by atoms with E-state index in [9.17, 15) is 0 Å². The summed E-state index contributed by atoms with van der Waals surface area (Å²) in [6.45, 7) is 4.00. The monoisotopic (exact) mass is 257 g/mol. The SMILES string of the molecule is Cc1ccnc2c1nc(N)n2C(C)c1nncn1C. The number of hydrogen-bond acceptors (Lipinski definition) is 5. The van der Waals surface area contributed by atoms with E-state index in [4.69, 9.17) is 5.73 Å². The van der Waals surface area contributed by atoms with Crippen molar-refractivity contribution in [2.75, 3.05) is 5.73 Å². The molecule has 7 heteroatoms. The zero-order chi connectivity index (χ0) is 13.6. The third kappa shape index (κ3) is 1.66. The predicted molar refractivity (Wildman–Crippen MR) is 71.5 cm³/mol. The van der Waals surface area contributed by atoms with Crippen molar-refractivity contribution in [3.8, 4) is 0 Å². The van der Waals surface area contributed by atoms with E-state index < -0.39 is 0 Å². The van der Waals surface area contributed by atoms with Crippen molar-refractivity contribution in [1.29, 1.82) is 0 Å². The summed E-state index contributed by atoms with van der Waals surface area (Å²) in [5.41, 5.74) is 8.69. The van der Waals surface area contributed by atoms with Gasteiger partial charge in [0, 0.05) is 13.2 Å². The van der Waals surface area contributed by atoms with Gasteiger partial charge in [0.25, 0.3) is 0 Å². The lowest BCUT2D eigenvalue weighted by Gasteiger charge is -2.14. The standard InChI is InChI=1S/C12H15N7/c1-7-4-5-14-11-9(7)16-12(13)19(11)8(2)10-17-15-6-18(10)3/h4-6,8H,1-3H3,(H2,13,16). The zero-order valence-corrected chi connectivity index (χ0v) is 11.1. The van der Waals surface area contributed by atoms with Gasteiger partial charge in [-0.2, -0.15) is 0 Å². The molecule has 7 nitrogen and oxygen atoms in total. The molecular formula is C12H15N7. The highest BCUT2D eigenvalue weighted by atomic mass is 15.3. The number of fused-ring (bicyclic) bond motifs is 1. The summed E-state index contributed by atoms with van der Waals surface area (Å²) in [6.07, 6.45) is 3.43. The molecule has 19 heavy (non-hydrogen) atoms. The maximum Gasteiger partial charge on any atom is 0.203 e. The second-order valence-corrected chi connectivity index (χ2v) is 4.62. The number of imidazole rings is 1. The smallest absolute Gasteiger partial charge is 0.203 e. The molecule has 0 aromatic carbocycles. The molecule has 0 saturated heterocycles. The lowest BCUT2D eigenvalue weighted by Crippen LogP contribution is -2.14. The topological polar surface area (TPSA) is 87.4 Å². The molecule has 0 aliphatic heterocycles. The third-order valence-corrected chi connectivity index (χ3v) is 3.32. The van der Waals surface area contributed by atoms with Gasteiger partial charge < -0.3 is 10.3 Å². The summed E-state index contributed by atoms with van der Waals surface area (Å²) in [5, 5.41) is 8.02.